The molecule has 4 heteroatoms. The summed E-state index contributed by atoms with van der Waals surface area (Å²) < 4.78 is 5.20. The molecule has 0 aromatic heterocycles. The minimum atomic E-state index is -0.456. The van der Waals surface area contributed by atoms with Gasteiger partial charge in [0.25, 0.3) is 0 Å². The Morgan fingerprint density at radius 1 is 1.47 bits per heavy atom. The van der Waals surface area contributed by atoms with Crippen LogP contribution < -0.4 is 10.1 Å². The molecular formula is C15H24N2O2. The fourth-order valence-electron chi connectivity index (χ4n) is 2.42. The molecule has 2 N–H and O–H groups in total. The van der Waals surface area contributed by atoms with Crippen LogP contribution in [0.25, 0.3) is 0 Å². The molecule has 0 amide bonds. The Morgan fingerprint density at radius 3 is 2.84 bits per heavy atom. The molecule has 1 atom stereocenters. The number of rotatable bonds is 7. The molecule has 1 aliphatic rings. The highest BCUT2D eigenvalue weighted by molar-refractivity contribution is 5.29. The van der Waals surface area contributed by atoms with Gasteiger partial charge in [0.15, 0.2) is 0 Å². The molecule has 0 saturated carbocycles. The number of ether oxygens (including phenoxy) is 1. The van der Waals surface area contributed by atoms with E-state index in [2.05, 4.69) is 17.1 Å². The van der Waals surface area contributed by atoms with E-state index in [0.29, 0.717) is 12.6 Å². The number of aliphatic hydroxyl groups is 1. The summed E-state index contributed by atoms with van der Waals surface area (Å²) in [7, 11) is 1.65. The van der Waals surface area contributed by atoms with Gasteiger partial charge in [-0.1, -0.05) is 19.1 Å². The number of hydrogen-bond acceptors (Lipinski definition) is 4. The summed E-state index contributed by atoms with van der Waals surface area (Å²) in [6.07, 6.45) is 0.656. The Morgan fingerprint density at radius 2 is 2.26 bits per heavy atom. The van der Waals surface area contributed by atoms with Gasteiger partial charge in [0.1, 0.15) is 5.75 Å². The van der Waals surface area contributed by atoms with Crippen LogP contribution in [0.2, 0.25) is 0 Å². The molecule has 1 heterocycles. The summed E-state index contributed by atoms with van der Waals surface area (Å²) in [5, 5.41) is 13.7. The van der Waals surface area contributed by atoms with E-state index in [0.717, 1.165) is 37.4 Å². The van der Waals surface area contributed by atoms with Gasteiger partial charge in [-0.25, -0.2) is 0 Å². The molecule has 0 bridgehead atoms. The first kappa shape index (κ1) is 14.3. The van der Waals surface area contributed by atoms with Crippen LogP contribution >= 0.6 is 0 Å². The quantitative estimate of drug-likeness (QED) is 0.781. The van der Waals surface area contributed by atoms with E-state index in [1.807, 2.05) is 24.3 Å². The van der Waals surface area contributed by atoms with E-state index in [9.17, 15) is 5.11 Å². The predicted molar refractivity (Wildman–Crippen MR) is 76.5 cm³/mol. The van der Waals surface area contributed by atoms with Crippen molar-refractivity contribution in [1.82, 2.24) is 10.2 Å². The smallest absolute Gasteiger partial charge is 0.119 e. The van der Waals surface area contributed by atoms with E-state index >= 15 is 0 Å². The average Bonchev–Trinajstić information content (AvgIpc) is 2.37. The lowest BCUT2D eigenvalue weighted by Crippen LogP contribution is -2.58. The van der Waals surface area contributed by atoms with Gasteiger partial charge < -0.3 is 15.2 Å². The zero-order chi connectivity index (χ0) is 13.7. The molecule has 2 rings (SSSR count). The Balaban J connectivity index is 1.98. The lowest BCUT2D eigenvalue weighted by Gasteiger charge is -2.39. The first-order chi connectivity index (χ1) is 9.24. The first-order valence-electron chi connectivity index (χ1n) is 7.01. The Kier molecular flexibility index (Phi) is 5.19. The van der Waals surface area contributed by atoms with Gasteiger partial charge in [-0.05, 0) is 30.7 Å². The SMILES string of the molecule is CCCN(CC(O)c1cccc(OC)c1)C1CNC1. The number of nitrogens with one attached hydrogen (secondary N) is 1. The van der Waals surface area contributed by atoms with Gasteiger partial charge >= 0.3 is 0 Å². The molecule has 19 heavy (non-hydrogen) atoms. The van der Waals surface area contributed by atoms with Gasteiger partial charge in [-0.3, -0.25) is 4.90 Å². The third-order valence-electron chi connectivity index (χ3n) is 3.67. The molecule has 1 fully saturated rings. The maximum Gasteiger partial charge on any atom is 0.119 e. The van der Waals surface area contributed by atoms with Crippen molar-refractivity contribution in [2.75, 3.05) is 33.3 Å². The summed E-state index contributed by atoms with van der Waals surface area (Å²) >= 11 is 0. The van der Waals surface area contributed by atoms with Gasteiger partial charge in [-0.15, -0.1) is 0 Å². The fraction of sp³-hybridized carbons (Fsp3) is 0.600. The van der Waals surface area contributed by atoms with Crippen molar-refractivity contribution in [3.05, 3.63) is 29.8 Å². The van der Waals surface area contributed by atoms with E-state index in [1.165, 1.54) is 0 Å². The van der Waals surface area contributed by atoms with Gasteiger partial charge in [0, 0.05) is 25.7 Å². The highest BCUT2D eigenvalue weighted by Crippen LogP contribution is 2.21. The van der Waals surface area contributed by atoms with E-state index in [1.54, 1.807) is 7.11 Å². The van der Waals surface area contributed by atoms with Crippen LogP contribution in [-0.2, 0) is 0 Å². The van der Waals surface area contributed by atoms with E-state index in [4.69, 9.17) is 4.74 Å². The van der Waals surface area contributed by atoms with Gasteiger partial charge in [0.05, 0.1) is 13.2 Å². The van der Waals surface area contributed by atoms with Crippen molar-refractivity contribution in [3.8, 4) is 5.75 Å². The first-order valence-corrected chi connectivity index (χ1v) is 7.01. The number of hydrogen-bond donors (Lipinski definition) is 2. The highest BCUT2D eigenvalue weighted by atomic mass is 16.5. The fourth-order valence-corrected chi connectivity index (χ4v) is 2.42. The third-order valence-corrected chi connectivity index (χ3v) is 3.67. The minimum Gasteiger partial charge on any atom is -0.497 e. The second-order valence-electron chi connectivity index (χ2n) is 5.10. The standard InChI is InChI=1S/C15H24N2O2/c1-3-7-17(13-9-16-10-13)11-15(18)12-5-4-6-14(8-12)19-2/h4-6,8,13,15-16,18H,3,7,9-11H2,1-2H3. The molecule has 4 nitrogen and oxygen atoms in total. The maximum atomic E-state index is 10.4. The van der Waals surface area contributed by atoms with Crippen molar-refractivity contribution < 1.29 is 9.84 Å². The van der Waals surface area contributed by atoms with E-state index < -0.39 is 6.10 Å². The van der Waals surface area contributed by atoms with Crippen LogP contribution in [0, 0.1) is 0 Å². The van der Waals surface area contributed by atoms with Crippen molar-refractivity contribution in [2.45, 2.75) is 25.5 Å². The summed E-state index contributed by atoms with van der Waals surface area (Å²) in [6.45, 7) is 5.97. The number of nitrogens with zero attached hydrogens (tertiary/aromatic N) is 1. The molecule has 0 radical (unpaired) electrons. The van der Waals surface area contributed by atoms with Crippen LogP contribution in [0.1, 0.15) is 25.0 Å². The summed E-state index contributed by atoms with van der Waals surface area (Å²) in [5.74, 6) is 0.795. The zero-order valence-electron chi connectivity index (χ0n) is 11.8. The average molecular weight is 264 g/mol. The topological polar surface area (TPSA) is 44.7 Å². The number of benzene rings is 1. The van der Waals surface area contributed by atoms with Crippen LogP contribution in [0.3, 0.4) is 0 Å². The van der Waals surface area contributed by atoms with Crippen molar-refractivity contribution in [2.24, 2.45) is 0 Å². The van der Waals surface area contributed by atoms with Crippen LogP contribution in [-0.4, -0.2) is 49.3 Å². The van der Waals surface area contributed by atoms with Crippen molar-refractivity contribution >= 4 is 0 Å². The molecule has 106 valence electrons. The second-order valence-corrected chi connectivity index (χ2v) is 5.10. The minimum absolute atomic E-state index is 0.456. The van der Waals surface area contributed by atoms with Gasteiger partial charge in [0.2, 0.25) is 0 Å². The molecule has 0 spiro atoms. The molecule has 1 aromatic carbocycles. The Labute approximate surface area is 115 Å². The molecule has 1 aromatic rings. The lowest BCUT2D eigenvalue weighted by atomic mass is 10.1. The summed E-state index contributed by atoms with van der Waals surface area (Å²) in [5.41, 5.74) is 0.924. The molecule has 0 aliphatic carbocycles. The Hall–Kier alpha value is -1.10. The maximum absolute atomic E-state index is 10.4. The number of methoxy groups -OCH3 is 1. The van der Waals surface area contributed by atoms with Crippen molar-refractivity contribution in [3.63, 3.8) is 0 Å². The molecule has 1 aliphatic heterocycles. The summed E-state index contributed by atoms with van der Waals surface area (Å²) in [6, 6.07) is 8.26. The molecule has 1 unspecified atom stereocenters. The largest absolute Gasteiger partial charge is 0.497 e. The molecule has 1 saturated heterocycles. The third kappa shape index (κ3) is 3.69. The van der Waals surface area contributed by atoms with Crippen LogP contribution in [0.5, 0.6) is 5.75 Å². The predicted octanol–water partition coefficient (Wildman–Crippen LogP) is 1.41. The second kappa shape index (κ2) is 6.89. The normalized spacial score (nSPS) is 17.3. The zero-order valence-corrected chi connectivity index (χ0v) is 11.8. The monoisotopic (exact) mass is 264 g/mol. The molecular weight excluding hydrogens is 240 g/mol. The van der Waals surface area contributed by atoms with Gasteiger partial charge in [-0.2, -0.15) is 0 Å². The summed E-state index contributed by atoms with van der Waals surface area (Å²) in [4.78, 5) is 2.38. The van der Waals surface area contributed by atoms with Crippen LogP contribution in [0.4, 0.5) is 0 Å². The number of aliphatic hydroxyl groups excluding tert-OH is 1. The van der Waals surface area contributed by atoms with Crippen LogP contribution in [0.15, 0.2) is 24.3 Å². The Bertz CT molecular complexity index is 393. The lowest BCUT2D eigenvalue weighted by molar-refractivity contribution is 0.0676. The van der Waals surface area contributed by atoms with Crippen molar-refractivity contribution in [1.29, 1.82) is 0 Å². The highest BCUT2D eigenvalue weighted by Gasteiger charge is 2.25. The van der Waals surface area contributed by atoms with E-state index in [-0.39, 0.29) is 0 Å².